The van der Waals surface area contributed by atoms with Gasteiger partial charge in [0.1, 0.15) is 0 Å². The van der Waals surface area contributed by atoms with Gasteiger partial charge < -0.3 is 10.2 Å². The molecular weight excluding hydrogens is 296 g/mol. The second kappa shape index (κ2) is 15.3. The number of hydrogen-bond acceptors (Lipinski definition) is 4. The van der Waals surface area contributed by atoms with Gasteiger partial charge in [-0.3, -0.25) is 5.26 Å². The highest BCUT2D eigenvalue weighted by Crippen LogP contribution is 2.10. The summed E-state index contributed by atoms with van der Waals surface area (Å²) >= 11 is 0. The Balaban J connectivity index is 3.56. The van der Waals surface area contributed by atoms with Gasteiger partial charge >= 0.3 is 5.97 Å². The Morgan fingerprint density at radius 3 is 2.43 bits per heavy atom. The lowest BCUT2D eigenvalue weighted by Crippen LogP contribution is -2.22. The molecule has 0 saturated carbocycles. The first-order chi connectivity index (χ1) is 11.1. The number of carboxylic acid groups (broad SMARTS) is 1. The number of rotatable bonds is 14. The highest BCUT2D eigenvalue weighted by Gasteiger charge is 2.16. The van der Waals surface area contributed by atoms with Crippen molar-refractivity contribution in [3.63, 3.8) is 0 Å². The number of aliphatic carboxylic acids is 1. The average molecular weight is 326 g/mol. The number of carbonyl (C=O) groups is 1. The molecule has 0 rings (SSSR count). The van der Waals surface area contributed by atoms with E-state index >= 15 is 0 Å². The van der Waals surface area contributed by atoms with Gasteiger partial charge in [0.05, 0.1) is 5.76 Å². The predicted molar refractivity (Wildman–Crippen MR) is 91.4 cm³/mol. The molecule has 23 heavy (non-hydrogen) atoms. The molecule has 5 nitrogen and oxygen atoms in total. The highest BCUT2D eigenvalue weighted by atomic mass is 17.1. The smallest absolute Gasteiger partial charge is 0.336 e. The van der Waals surface area contributed by atoms with Crippen LogP contribution in [0.25, 0.3) is 0 Å². The predicted octanol–water partition coefficient (Wildman–Crippen LogP) is 5.01. The van der Waals surface area contributed by atoms with E-state index in [1.807, 2.05) is 24.3 Å². The maximum atomic E-state index is 10.6. The molecule has 0 fully saturated rings. The Bertz CT molecular complexity index is 385. The minimum atomic E-state index is -1.13. The molecule has 0 aromatic heterocycles. The zero-order valence-corrected chi connectivity index (χ0v) is 14.0. The van der Waals surface area contributed by atoms with Crippen LogP contribution in [0.3, 0.4) is 0 Å². The minimum absolute atomic E-state index is 0.332. The van der Waals surface area contributed by atoms with Crippen LogP contribution in [0.4, 0.5) is 0 Å². The maximum Gasteiger partial charge on any atom is 0.336 e. The van der Waals surface area contributed by atoms with E-state index in [1.165, 1.54) is 0 Å². The van der Waals surface area contributed by atoms with Crippen molar-refractivity contribution in [2.24, 2.45) is 0 Å². The van der Waals surface area contributed by atoms with Crippen molar-refractivity contribution in [2.75, 3.05) is 0 Å². The van der Waals surface area contributed by atoms with Crippen molar-refractivity contribution in [3.05, 3.63) is 36.1 Å². The van der Waals surface area contributed by atoms with E-state index in [4.69, 9.17) is 10.4 Å². The Morgan fingerprint density at radius 1 is 1.04 bits per heavy atom. The van der Waals surface area contributed by atoms with Crippen molar-refractivity contribution in [2.45, 2.75) is 70.8 Å². The number of hydrogen-bond donors (Lipinski definition) is 3. The molecule has 0 radical (unpaired) electrons. The molecule has 0 aliphatic rings. The largest absolute Gasteiger partial charge is 0.512 e. The fraction of sp³-hybridized carbons (Fsp3) is 0.611. The summed E-state index contributed by atoms with van der Waals surface area (Å²) in [5.74, 6) is -0.727. The molecule has 0 bridgehead atoms. The number of unbranched alkanes of at least 4 members (excludes halogenated alkanes) is 4. The first kappa shape index (κ1) is 21.4. The summed E-state index contributed by atoms with van der Waals surface area (Å²) in [4.78, 5) is 14.5. The molecular formula is C18H30O5. The third-order valence-corrected chi connectivity index (χ3v) is 3.38. The molecule has 0 amide bonds. The van der Waals surface area contributed by atoms with Crippen LogP contribution >= 0.6 is 0 Å². The summed E-state index contributed by atoms with van der Waals surface area (Å²) in [7, 11) is 0. The third-order valence-electron chi connectivity index (χ3n) is 3.38. The van der Waals surface area contributed by atoms with Gasteiger partial charge in [0.15, 0.2) is 6.10 Å². The molecule has 0 aliphatic carbocycles. The monoisotopic (exact) mass is 326 g/mol. The minimum Gasteiger partial charge on any atom is -0.512 e. The van der Waals surface area contributed by atoms with Gasteiger partial charge in [-0.2, -0.15) is 0 Å². The lowest BCUT2D eigenvalue weighted by atomic mass is 10.1. The molecule has 1 atom stereocenters. The standard InChI is InChI=1S/C18H30O5/c1-2-3-10-13-16(19)14-11-8-6-4-5-7-9-12-15-17(23-22)18(20)21/h3,6,8,10,14,17,19,22H,2,4-5,7,9,11-13,15H2,1H3,(H,20,21)/b8-6-,10-3-,16-14+/t17-/m1/s1. The van der Waals surface area contributed by atoms with Gasteiger partial charge in [-0.1, -0.05) is 50.5 Å². The maximum absolute atomic E-state index is 10.6. The van der Waals surface area contributed by atoms with Crippen LogP contribution in [0.15, 0.2) is 36.1 Å². The van der Waals surface area contributed by atoms with Crippen molar-refractivity contribution in [3.8, 4) is 0 Å². The van der Waals surface area contributed by atoms with E-state index < -0.39 is 12.1 Å². The van der Waals surface area contributed by atoms with Crippen LogP contribution in [0.2, 0.25) is 0 Å². The first-order valence-corrected chi connectivity index (χ1v) is 8.32. The number of allylic oxidation sites excluding steroid dienone is 5. The van der Waals surface area contributed by atoms with Crippen molar-refractivity contribution >= 4 is 5.97 Å². The number of aliphatic hydroxyl groups is 1. The number of aliphatic hydroxyl groups excluding tert-OH is 1. The SMILES string of the molecule is CC/C=C\C/C(O)=C\C/C=C\CCCCCC[C@@H](OO)C(=O)O. The Labute approximate surface area is 138 Å². The second-order valence-corrected chi connectivity index (χ2v) is 5.41. The van der Waals surface area contributed by atoms with E-state index in [-0.39, 0.29) is 0 Å². The molecule has 0 heterocycles. The van der Waals surface area contributed by atoms with Crippen LogP contribution in [0, 0.1) is 0 Å². The summed E-state index contributed by atoms with van der Waals surface area (Å²) in [5, 5.41) is 26.7. The molecule has 0 spiro atoms. The van der Waals surface area contributed by atoms with Crippen LogP contribution in [-0.2, 0) is 9.68 Å². The van der Waals surface area contributed by atoms with E-state index in [9.17, 15) is 9.90 Å². The Hall–Kier alpha value is -1.59. The van der Waals surface area contributed by atoms with Gasteiger partial charge in [0, 0.05) is 6.42 Å². The lowest BCUT2D eigenvalue weighted by molar-refractivity contribution is -0.277. The van der Waals surface area contributed by atoms with Gasteiger partial charge in [0.25, 0.3) is 0 Å². The quantitative estimate of drug-likeness (QED) is 0.137. The van der Waals surface area contributed by atoms with Crippen LogP contribution in [-0.4, -0.2) is 27.5 Å². The zero-order chi connectivity index (χ0) is 17.3. The van der Waals surface area contributed by atoms with Crippen LogP contribution in [0.1, 0.15) is 64.7 Å². The van der Waals surface area contributed by atoms with E-state index in [0.29, 0.717) is 18.6 Å². The molecule has 3 N–H and O–H groups in total. The van der Waals surface area contributed by atoms with Crippen molar-refractivity contribution in [1.82, 2.24) is 0 Å². The molecule has 5 heteroatoms. The molecule has 0 unspecified atom stereocenters. The van der Waals surface area contributed by atoms with Crippen molar-refractivity contribution in [1.29, 1.82) is 0 Å². The molecule has 0 aliphatic heterocycles. The summed E-state index contributed by atoms with van der Waals surface area (Å²) in [6.07, 6.45) is 16.2. The van der Waals surface area contributed by atoms with E-state index in [1.54, 1.807) is 0 Å². The fourth-order valence-corrected chi connectivity index (χ4v) is 2.04. The van der Waals surface area contributed by atoms with E-state index in [2.05, 4.69) is 17.9 Å². The van der Waals surface area contributed by atoms with E-state index in [0.717, 1.165) is 44.9 Å². The third kappa shape index (κ3) is 13.8. The first-order valence-electron chi connectivity index (χ1n) is 8.32. The molecule has 0 aromatic carbocycles. The fourth-order valence-electron chi connectivity index (χ4n) is 2.04. The van der Waals surface area contributed by atoms with Gasteiger partial charge in [-0.05, 0) is 38.2 Å². The summed E-state index contributed by atoms with van der Waals surface area (Å²) < 4.78 is 0. The Kier molecular flexibility index (Phi) is 14.3. The normalized spacial score (nSPS) is 13.9. The summed E-state index contributed by atoms with van der Waals surface area (Å²) in [6, 6.07) is 0. The second-order valence-electron chi connectivity index (χ2n) is 5.41. The van der Waals surface area contributed by atoms with Gasteiger partial charge in [-0.25, -0.2) is 9.68 Å². The number of carboxylic acids is 1. The lowest BCUT2D eigenvalue weighted by Gasteiger charge is -2.07. The molecule has 132 valence electrons. The van der Waals surface area contributed by atoms with Gasteiger partial charge in [-0.15, -0.1) is 0 Å². The van der Waals surface area contributed by atoms with Gasteiger partial charge in [0.2, 0.25) is 0 Å². The van der Waals surface area contributed by atoms with Crippen LogP contribution < -0.4 is 0 Å². The molecule has 0 aromatic rings. The topological polar surface area (TPSA) is 87.0 Å². The zero-order valence-electron chi connectivity index (χ0n) is 14.0. The molecule has 0 saturated heterocycles. The van der Waals surface area contributed by atoms with Crippen LogP contribution in [0.5, 0.6) is 0 Å². The highest BCUT2D eigenvalue weighted by molar-refractivity contribution is 5.72. The average Bonchev–Trinajstić information content (AvgIpc) is 2.52. The van der Waals surface area contributed by atoms with Crippen molar-refractivity contribution < 1.29 is 25.2 Å². The summed E-state index contributed by atoms with van der Waals surface area (Å²) in [6.45, 7) is 2.06. The summed E-state index contributed by atoms with van der Waals surface area (Å²) in [5.41, 5.74) is 0. The Morgan fingerprint density at radius 2 is 1.78 bits per heavy atom.